The SMILES string of the molecule is C=CC[C@@]1(COCCS(C)(C)C)C[C@H](c2cccc(Cl)c2)[C@@H](c2ccc(Cl)cc2)N([C@@H](CC)CN(C)S(=O)(=O)C2CC2)C1=O. The second-order valence-corrected chi connectivity index (χ2v) is 21.1. The first kappa shape index (κ1) is 35.3. The monoisotopic (exact) mass is 682 g/mol. The van der Waals surface area contributed by atoms with Crippen molar-refractivity contribution in [2.24, 2.45) is 5.41 Å². The van der Waals surface area contributed by atoms with Crippen molar-refractivity contribution in [1.29, 1.82) is 0 Å². The van der Waals surface area contributed by atoms with Gasteiger partial charge >= 0.3 is 0 Å². The lowest BCUT2D eigenvalue weighted by molar-refractivity contribution is -0.161. The molecular weight excluding hydrogens is 635 g/mol. The van der Waals surface area contributed by atoms with Crippen molar-refractivity contribution in [3.8, 4) is 0 Å². The molecule has 1 saturated heterocycles. The van der Waals surface area contributed by atoms with Gasteiger partial charge < -0.3 is 9.64 Å². The first-order valence-corrected chi connectivity index (χ1v) is 20.6. The predicted molar refractivity (Wildman–Crippen MR) is 187 cm³/mol. The van der Waals surface area contributed by atoms with Crippen LogP contribution in [0.25, 0.3) is 0 Å². The minimum absolute atomic E-state index is 0.0252. The third-order valence-electron chi connectivity index (χ3n) is 8.93. The van der Waals surface area contributed by atoms with Crippen LogP contribution < -0.4 is 0 Å². The molecule has 6 nitrogen and oxygen atoms in total. The van der Waals surface area contributed by atoms with Crippen LogP contribution in [-0.4, -0.2) is 86.1 Å². The first-order valence-electron chi connectivity index (χ1n) is 15.4. The largest absolute Gasteiger partial charge is 0.380 e. The molecule has 244 valence electrons. The van der Waals surface area contributed by atoms with Gasteiger partial charge in [-0.05, 0) is 86.3 Å². The van der Waals surface area contributed by atoms with Crippen LogP contribution in [0, 0.1) is 5.41 Å². The number of benzene rings is 2. The molecule has 0 spiro atoms. The predicted octanol–water partition coefficient (Wildman–Crippen LogP) is 7.53. The number of amides is 1. The van der Waals surface area contributed by atoms with E-state index in [-0.39, 0.29) is 42.3 Å². The van der Waals surface area contributed by atoms with E-state index in [9.17, 15) is 8.42 Å². The maximum Gasteiger partial charge on any atom is 0.232 e. The lowest BCUT2D eigenvalue weighted by atomic mass is 9.66. The van der Waals surface area contributed by atoms with Crippen LogP contribution in [0.15, 0.2) is 61.2 Å². The molecule has 2 aromatic rings. The van der Waals surface area contributed by atoms with Crippen LogP contribution in [0.2, 0.25) is 10.0 Å². The van der Waals surface area contributed by atoms with Gasteiger partial charge in [-0.25, -0.2) is 22.8 Å². The number of rotatable bonds is 15. The number of nitrogens with zero attached hydrogens (tertiary/aromatic N) is 2. The maximum atomic E-state index is 15.1. The Kier molecular flexibility index (Phi) is 11.6. The normalized spacial score (nSPS) is 24.0. The Morgan fingerprint density at radius 1 is 1.09 bits per heavy atom. The number of carbonyl (C=O) groups excluding carboxylic acids is 1. The summed E-state index contributed by atoms with van der Waals surface area (Å²) in [4.78, 5) is 17.1. The van der Waals surface area contributed by atoms with E-state index in [0.29, 0.717) is 48.8 Å². The van der Waals surface area contributed by atoms with E-state index in [0.717, 1.165) is 16.9 Å². The number of carbonyl (C=O) groups is 1. The second-order valence-electron chi connectivity index (χ2n) is 13.3. The summed E-state index contributed by atoms with van der Waals surface area (Å²) < 4.78 is 34.4. The number of sulfonamides is 1. The third-order valence-corrected chi connectivity index (χ3v) is 13.1. The van der Waals surface area contributed by atoms with Crippen LogP contribution in [0.5, 0.6) is 0 Å². The number of allylic oxidation sites excluding steroid dienone is 1. The van der Waals surface area contributed by atoms with Crippen LogP contribution in [0.1, 0.15) is 62.1 Å². The lowest BCUT2D eigenvalue weighted by Crippen LogP contribution is -2.59. The van der Waals surface area contributed by atoms with E-state index in [2.05, 4.69) is 31.4 Å². The highest BCUT2D eigenvalue weighted by Crippen LogP contribution is 2.53. The number of halogens is 2. The van der Waals surface area contributed by atoms with Gasteiger partial charge in [0.1, 0.15) is 0 Å². The molecule has 1 aliphatic carbocycles. The molecule has 2 fully saturated rings. The molecule has 0 aromatic heterocycles. The molecule has 1 amide bonds. The summed E-state index contributed by atoms with van der Waals surface area (Å²) >= 11 is 12.9. The fourth-order valence-corrected chi connectivity index (χ4v) is 8.90. The van der Waals surface area contributed by atoms with Crippen molar-refractivity contribution >= 4 is 49.2 Å². The van der Waals surface area contributed by atoms with Gasteiger partial charge in [0.25, 0.3) is 0 Å². The van der Waals surface area contributed by atoms with Crippen LogP contribution in [0.4, 0.5) is 0 Å². The quantitative estimate of drug-likeness (QED) is 0.144. The topological polar surface area (TPSA) is 66.9 Å². The van der Waals surface area contributed by atoms with Gasteiger partial charge in [0.15, 0.2) is 0 Å². The first-order chi connectivity index (χ1) is 20.7. The Bertz CT molecular complexity index is 1410. The summed E-state index contributed by atoms with van der Waals surface area (Å²) in [6.45, 7) is 7.13. The molecule has 1 heterocycles. The highest BCUT2D eigenvalue weighted by Gasteiger charge is 2.54. The zero-order valence-corrected chi connectivity index (χ0v) is 29.8. The molecule has 10 heteroatoms. The van der Waals surface area contributed by atoms with Gasteiger partial charge in [-0.15, -0.1) is 6.58 Å². The summed E-state index contributed by atoms with van der Waals surface area (Å²) in [5.41, 5.74) is 1.10. The number of likely N-dealkylation sites (tertiary alicyclic amines) is 1. The molecule has 0 N–H and O–H groups in total. The Hall–Kier alpha value is -1.55. The molecule has 4 rings (SSSR count). The molecule has 0 unspecified atom stereocenters. The number of ether oxygens (including phenoxy) is 1. The number of piperidine rings is 1. The van der Waals surface area contributed by atoms with Crippen LogP contribution in [-0.2, 0) is 19.6 Å². The Morgan fingerprint density at radius 3 is 2.34 bits per heavy atom. The van der Waals surface area contributed by atoms with Gasteiger partial charge in [0, 0.05) is 41.4 Å². The molecule has 1 saturated carbocycles. The molecule has 0 bridgehead atoms. The zero-order valence-electron chi connectivity index (χ0n) is 26.7. The molecule has 0 radical (unpaired) electrons. The molecule has 2 aromatic carbocycles. The molecular formula is C34H48Cl2N2O4S2. The van der Waals surface area contributed by atoms with Crippen molar-refractivity contribution in [2.45, 2.75) is 62.3 Å². The van der Waals surface area contributed by atoms with Crippen molar-refractivity contribution in [3.05, 3.63) is 82.4 Å². The van der Waals surface area contributed by atoms with Crippen LogP contribution in [0.3, 0.4) is 0 Å². The summed E-state index contributed by atoms with van der Waals surface area (Å²) in [5.74, 6) is 0.785. The molecule has 2 aliphatic rings. The molecule has 4 atom stereocenters. The van der Waals surface area contributed by atoms with E-state index in [1.165, 1.54) is 4.31 Å². The van der Waals surface area contributed by atoms with Crippen molar-refractivity contribution in [1.82, 2.24) is 9.21 Å². The number of hydrogen-bond donors (Lipinski definition) is 0. The third kappa shape index (κ3) is 8.23. The summed E-state index contributed by atoms with van der Waals surface area (Å²) in [6, 6.07) is 14.8. The minimum atomic E-state index is -3.43. The van der Waals surface area contributed by atoms with Gasteiger partial charge in [-0.3, -0.25) is 4.79 Å². The highest BCUT2D eigenvalue weighted by atomic mass is 35.5. The van der Waals surface area contributed by atoms with E-state index in [1.807, 2.05) is 60.4 Å². The number of likely N-dealkylation sites (N-methyl/N-ethyl adjacent to an activating group) is 1. The highest BCUT2D eigenvalue weighted by molar-refractivity contribution is 8.32. The maximum absolute atomic E-state index is 15.1. The van der Waals surface area contributed by atoms with Crippen molar-refractivity contribution < 1.29 is 17.9 Å². The fourth-order valence-electron chi connectivity index (χ4n) is 6.33. The lowest BCUT2D eigenvalue weighted by Gasteiger charge is -2.53. The Labute approximate surface area is 276 Å². The summed E-state index contributed by atoms with van der Waals surface area (Å²) in [7, 11) is -2.56. The second kappa shape index (κ2) is 14.5. The van der Waals surface area contributed by atoms with Gasteiger partial charge in [-0.2, -0.15) is 0 Å². The van der Waals surface area contributed by atoms with Crippen LogP contribution >= 0.6 is 33.2 Å². The van der Waals surface area contributed by atoms with Crippen molar-refractivity contribution in [3.63, 3.8) is 0 Å². The Morgan fingerprint density at radius 2 is 1.77 bits per heavy atom. The fraction of sp³-hybridized carbons (Fsp3) is 0.559. The Balaban J connectivity index is 1.85. The van der Waals surface area contributed by atoms with E-state index in [4.69, 9.17) is 27.9 Å². The minimum Gasteiger partial charge on any atom is -0.380 e. The standard InChI is InChI=1S/C34H48Cl2N2O4S2/c1-7-18-34(24-42-19-20-43(4,5)6)22-31(26-10-9-11-28(36)21-26)32(25-12-14-27(35)15-13-25)38(33(34)39)29(8-2)23-37(3)44(40,41)30-16-17-30/h7,9-15,21,29-32H,1,8,16-20,22-24H2,2-6H3/t29-,31+,32+,34-/m0/s1. The van der Waals surface area contributed by atoms with Gasteiger partial charge in [0.05, 0.1) is 29.9 Å². The zero-order chi connectivity index (χ0) is 32.3. The van der Waals surface area contributed by atoms with Crippen molar-refractivity contribution in [2.75, 3.05) is 51.3 Å². The average molecular weight is 684 g/mol. The molecule has 1 aliphatic heterocycles. The van der Waals surface area contributed by atoms with Gasteiger partial charge in [-0.1, -0.05) is 60.5 Å². The summed E-state index contributed by atoms with van der Waals surface area (Å²) in [5, 5.41) is 0.910. The van der Waals surface area contributed by atoms with E-state index >= 15 is 4.79 Å². The van der Waals surface area contributed by atoms with Gasteiger partial charge in [0.2, 0.25) is 15.9 Å². The average Bonchev–Trinajstić information content (AvgIpc) is 3.82. The van der Waals surface area contributed by atoms with E-state index in [1.54, 1.807) is 7.05 Å². The molecule has 44 heavy (non-hydrogen) atoms. The smallest absolute Gasteiger partial charge is 0.232 e. The number of hydrogen-bond acceptors (Lipinski definition) is 4. The van der Waals surface area contributed by atoms with E-state index < -0.39 is 25.5 Å². The summed E-state index contributed by atoms with van der Waals surface area (Å²) in [6.07, 6.45) is 11.5.